The van der Waals surface area contributed by atoms with E-state index in [9.17, 15) is 9.59 Å². The highest BCUT2D eigenvalue weighted by atomic mass is 32.2. The zero-order valence-corrected chi connectivity index (χ0v) is 11.8. The summed E-state index contributed by atoms with van der Waals surface area (Å²) in [5.74, 6) is -0.331. The van der Waals surface area contributed by atoms with Crippen molar-refractivity contribution in [1.82, 2.24) is 10.2 Å². The summed E-state index contributed by atoms with van der Waals surface area (Å²) >= 11 is 1.55. The van der Waals surface area contributed by atoms with Crippen LogP contribution in [0.4, 0.5) is 4.79 Å². The summed E-state index contributed by atoms with van der Waals surface area (Å²) in [6, 6.07) is 0.494. The Labute approximate surface area is 116 Å². The molecule has 1 rings (SSSR count). The van der Waals surface area contributed by atoms with Crippen LogP contribution >= 0.6 is 11.8 Å². The lowest BCUT2D eigenvalue weighted by Crippen LogP contribution is -2.46. The summed E-state index contributed by atoms with van der Waals surface area (Å²) in [5, 5.41) is 11.5. The van der Waals surface area contributed by atoms with E-state index in [-0.39, 0.29) is 0 Å². The van der Waals surface area contributed by atoms with Crippen molar-refractivity contribution < 1.29 is 19.1 Å². The van der Waals surface area contributed by atoms with Gasteiger partial charge in [-0.2, -0.15) is 11.8 Å². The molecule has 0 unspecified atom stereocenters. The van der Waals surface area contributed by atoms with Gasteiger partial charge in [0.1, 0.15) is 6.04 Å². The van der Waals surface area contributed by atoms with E-state index in [1.165, 1.54) is 11.2 Å². The van der Waals surface area contributed by atoms with E-state index in [2.05, 4.69) is 5.32 Å². The summed E-state index contributed by atoms with van der Waals surface area (Å²) in [4.78, 5) is 24.3. The number of amides is 2. The zero-order valence-electron chi connectivity index (χ0n) is 11.0. The van der Waals surface area contributed by atoms with Crippen LogP contribution in [-0.4, -0.2) is 47.1 Å². The number of furan rings is 1. The number of carbonyl (C=O) groups is 2. The van der Waals surface area contributed by atoms with Crippen LogP contribution in [0.5, 0.6) is 0 Å². The highest BCUT2D eigenvalue weighted by Crippen LogP contribution is 2.05. The molecule has 19 heavy (non-hydrogen) atoms. The number of carboxylic acid groups (broad SMARTS) is 1. The van der Waals surface area contributed by atoms with Gasteiger partial charge in [-0.1, -0.05) is 0 Å². The topological polar surface area (TPSA) is 82.8 Å². The Kier molecular flexibility index (Phi) is 6.27. The van der Waals surface area contributed by atoms with E-state index in [0.29, 0.717) is 18.7 Å². The minimum absolute atomic E-state index is 0.372. The van der Waals surface area contributed by atoms with Crippen molar-refractivity contribution in [2.24, 2.45) is 0 Å². The number of nitrogens with zero attached hydrogens (tertiary/aromatic N) is 1. The van der Waals surface area contributed by atoms with Crippen LogP contribution in [0.2, 0.25) is 0 Å². The van der Waals surface area contributed by atoms with Crippen LogP contribution in [0.1, 0.15) is 12.0 Å². The van der Waals surface area contributed by atoms with E-state index in [1.54, 1.807) is 31.1 Å². The smallest absolute Gasteiger partial charge is 0.326 e. The van der Waals surface area contributed by atoms with Gasteiger partial charge in [-0.05, 0) is 24.5 Å². The molecule has 0 spiro atoms. The van der Waals surface area contributed by atoms with Crippen molar-refractivity contribution >= 4 is 23.8 Å². The number of aliphatic carboxylic acids is 1. The van der Waals surface area contributed by atoms with Gasteiger partial charge in [-0.25, -0.2) is 9.59 Å². The molecule has 1 atom stereocenters. The molecule has 0 aliphatic heterocycles. The van der Waals surface area contributed by atoms with E-state index in [4.69, 9.17) is 9.52 Å². The van der Waals surface area contributed by atoms with Crippen molar-refractivity contribution in [3.8, 4) is 0 Å². The second kappa shape index (κ2) is 7.73. The number of thioether (sulfide) groups is 1. The van der Waals surface area contributed by atoms with Crippen LogP contribution in [0.3, 0.4) is 0 Å². The maximum absolute atomic E-state index is 11.9. The first-order chi connectivity index (χ1) is 9.04. The molecular formula is C12H18N2O4S. The van der Waals surface area contributed by atoms with Crippen molar-refractivity contribution in [1.29, 1.82) is 0 Å². The van der Waals surface area contributed by atoms with Gasteiger partial charge in [0.05, 0.1) is 19.1 Å². The van der Waals surface area contributed by atoms with Gasteiger partial charge in [-0.3, -0.25) is 0 Å². The summed E-state index contributed by atoms with van der Waals surface area (Å²) < 4.78 is 4.91. The number of carboxylic acids is 1. The maximum Gasteiger partial charge on any atom is 0.326 e. The highest BCUT2D eigenvalue weighted by Gasteiger charge is 2.21. The number of hydrogen-bond acceptors (Lipinski definition) is 4. The molecule has 0 aromatic carbocycles. The molecule has 0 fully saturated rings. The molecule has 1 heterocycles. The average molecular weight is 286 g/mol. The molecule has 0 aliphatic carbocycles. The van der Waals surface area contributed by atoms with Crippen molar-refractivity contribution in [3.63, 3.8) is 0 Å². The molecule has 1 aromatic heterocycles. The Morgan fingerprint density at radius 1 is 1.58 bits per heavy atom. The van der Waals surface area contributed by atoms with Gasteiger partial charge < -0.3 is 19.7 Å². The Balaban J connectivity index is 2.48. The van der Waals surface area contributed by atoms with Gasteiger partial charge in [0.2, 0.25) is 0 Å². The van der Waals surface area contributed by atoms with Gasteiger partial charge in [-0.15, -0.1) is 0 Å². The molecule has 0 radical (unpaired) electrons. The third-order valence-electron chi connectivity index (χ3n) is 2.55. The quantitative estimate of drug-likeness (QED) is 0.796. The van der Waals surface area contributed by atoms with Crippen molar-refractivity contribution in [2.75, 3.05) is 19.1 Å². The third kappa shape index (κ3) is 5.25. The fourth-order valence-corrected chi connectivity index (χ4v) is 1.95. The fourth-order valence-electron chi connectivity index (χ4n) is 1.48. The van der Waals surface area contributed by atoms with Crippen LogP contribution in [0.25, 0.3) is 0 Å². The second-order valence-corrected chi connectivity index (χ2v) is 5.10. The molecule has 0 saturated heterocycles. The molecule has 6 nitrogen and oxygen atoms in total. The number of urea groups is 1. The number of nitrogens with one attached hydrogen (secondary N) is 1. The SMILES string of the molecule is CSCC[C@H](NC(=O)N(C)Cc1ccoc1)C(=O)O. The zero-order chi connectivity index (χ0) is 14.3. The number of hydrogen-bond donors (Lipinski definition) is 2. The Morgan fingerprint density at radius 3 is 2.84 bits per heavy atom. The molecule has 0 saturated carbocycles. The average Bonchev–Trinajstić information content (AvgIpc) is 2.86. The highest BCUT2D eigenvalue weighted by molar-refractivity contribution is 7.98. The first kappa shape index (κ1) is 15.4. The lowest BCUT2D eigenvalue weighted by atomic mass is 10.2. The third-order valence-corrected chi connectivity index (χ3v) is 3.20. The monoisotopic (exact) mass is 286 g/mol. The van der Waals surface area contributed by atoms with E-state index < -0.39 is 18.0 Å². The molecular weight excluding hydrogens is 268 g/mol. The number of carbonyl (C=O) groups excluding carboxylic acids is 1. The van der Waals surface area contributed by atoms with Gasteiger partial charge >= 0.3 is 12.0 Å². The van der Waals surface area contributed by atoms with E-state index in [0.717, 1.165) is 5.56 Å². The summed E-state index contributed by atoms with van der Waals surface area (Å²) in [6.07, 6.45) is 5.37. The predicted molar refractivity (Wildman–Crippen MR) is 73.1 cm³/mol. The lowest BCUT2D eigenvalue weighted by molar-refractivity contribution is -0.139. The van der Waals surface area contributed by atoms with Gasteiger partial charge in [0, 0.05) is 12.6 Å². The minimum Gasteiger partial charge on any atom is -0.480 e. The number of rotatable bonds is 7. The molecule has 106 valence electrons. The largest absolute Gasteiger partial charge is 0.480 e. The van der Waals surface area contributed by atoms with Crippen LogP contribution in [0.15, 0.2) is 23.0 Å². The van der Waals surface area contributed by atoms with E-state index in [1.807, 2.05) is 6.26 Å². The van der Waals surface area contributed by atoms with Crippen molar-refractivity contribution in [2.45, 2.75) is 19.0 Å². The van der Waals surface area contributed by atoms with Crippen LogP contribution in [-0.2, 0) is 11.3 Å². The molecule has 0 bridgehead atoms. The first-order valence-corrected chi connectivity index (χ1v) is 7.18. The Morgan fingerprint density at radius 2 is 2.32 bits per heavy atom. The van der Waals surface area contributed by atoms with Crippen LogP contribution in [0, 0.1) is 0 Å². The second-order valence-electron chi connectivity index (χ2n) is 4.11. The standard InChI is InChI=1S/C12H18N2O4S/c1-14(7-9-3-5-18-8-9)12(17)13-10(11(15)16)4-6-19-2/h3,5,8,10H,4,6-7H2,1-2H3,(H,13,17)(H,15,16)/t10-/m0/s1. The van der Waals surface area contributed by atoms with Gasteiger partial charge in [0.25, 0.3) is 0 Å². The molecule has 2 amide bonds. The summed E-state index contributed by atoms with van der Waals surface area (Å²) in [6.45, 7) is 0.372. The molecule has 7 heteroatoms. The molecule has 2 N–H and O–H groups in total. The van der Waals surface area contributed by atoms with Crippen molar-refractivity contribution in [3.05, 3.63) is 24.2 Å². The first-order valence-electron chi connectivity index (χ1n) is 5.79. The molecule has 0 aliphatic rings. The van der Waals surface area contributed by atoms with Crippen LogP contribution < -0.4 is 5.32 Å². The van der Waals surface area contributed by atoms with E-state index >= 15 is 0 Å². The molecule has 1 aromatic rings. The summed E-state index contributed by atoms with van der Waals surface area (Å²) in [7, 11) is 1.61. The Hall–Kier alpha value is -1.63. The maximum atomic E-state index is 11.9. The predicted octanol–water partition coefficient (Wildman–Crippen LogP) is 1.63. The fraction of sp³-hybridized carbons (Fsp3) is 0.500. The minimum atomic E-state index is -1.01. The normalized spacial score (nSPS) is 11.9. The van der Waals surface area contributed by atoms with Gasteiger partial charge in [0.15, 0.2) is 0 Å². The Bertz CT molecular complexity index is 408. The lowest BCUT2D eigenvalue weighted by Gasteiger charge is -2.20. The summed E-state index contributed by atoms with van der Waals surface area (Å²) in [5.41, 5.74) is 0.855.